The zero-order chi connectivity index (χ0) is 19.2. The normalized spacial score (nSPS) is 15.8. The fourth-order valence-corrected chi connectivity index (χ4v) is 3.35. The lowest BCUT2D eigenvalue weighted by Crippen LogP contribution is -2.51. The SMILES string of the molecule is COc1ccccc1C(C)CN=C(N)N1CCN(c2ccc(F)cc2)CC1.I. The second-order valence-corrected chi connectivity index (χ2v) is 6.79. The van der Waals surface area contributed by atoms with Gasteiger partial charge in [-0.25, -0.2) is 4.39 Å². The zero-order valence-corrected chi connectivity index (χ0v) is 18.7. The van der Waals surface area contributed by atoms with Crippen LogP contribution in [0.5, 0.6) is 5.75 Å². The summed E-state index contributed by atoms with van der Waals surface area (Å²) in [5.41, 5.74) is 8.40. The summed E-state index contributed by atoms with van der Waals surface area (Å²) in [7, 11) is 1.68. The summed E-state index contributed by atoms with van der Waals surface area (Å²) in [4.78, 5) is 8.95. The highest BCUT2D eigenvalue weighted by Gasteiger charge is 2.19. The van der Waals surface area contributed by atoms with Crippen molar-refractivity contribution in [3.8, 4) is 5.75 Å². The molecule has 1 saturated heterocycles. The van der Waals surface area contributed by atoms with Crippen molar-refractivity contribution in [3.05, 3.63) is 59.9 Å². The summed E-state index contributed by atoms with van der Waals surface area (Å²) in [6.07, 6.45) is 0. The van der Waals surface area contributed by atoms with Gasteiger partial charge in [-0.3, -0.25) is 4.99 Å². The molecule has 1 heterocycles. The number of nitrogens with zero attached hydrogens (tertiary/aromatic N) is 3. The van der Waals surface area contributed by atoms with Crippen LogP contribution in [0.1, 0.15) is 18.4 Å². The standard InChI is InChI=1S/C21H27FN4O.HI/c1-16(19-5-3-4-6-20(19)27-2)15-24-21(23)26-13-11-25(12-14-26)18-9-7-17(22)8-10-18;/h3-10,16H,11-15H2,1-2H3,(H2,23,24);1H. The van der Waals surface area contributed by atoms with Crippen LogP contribution in [-0.2, 0) is 0 Å². The number of para-hydroxylation sites is 1. The van der Waals surface area contributed by atoms with Crippen LogP contribution in [0.25, 0.3) is 0 Å². The second-order valence-electron chi connectivity index (χ2n) is 6.79. The number of nitrogens with two attached hydrogens (primary N) is 1. The van der Waals surface area contributed by atoms with Gasteiger partial charge in [0.05, 0.1) is 7.11 Å². The van der Waals surface area contributed by atoms with Crippen LogP contribution in [-0.4, -0.2) is 50.7 Å². The van der Waals surface area contributed by atoms with Crippen LogP contribution in [0, 0.1) is 5.82 Å². The van der Waals surface area contributed by atoms with E-state index in [4.69, 9.17) is 10.5 Å². The van der Waals surface area contributed by atoms with E-state index in [0.29, 0.717) is 12.5 Å². The lowest BCUT2D eigenvalue weighted by atomic mass is 10.0. The molecule has 1 aliphatic heterocycles. The molecule has 2 aromatic carbocycles. The maximum absolute atomic E-state index is 13.1. The van der Waals surface area contributed by atoms with Crippen LogP contribution < -0.4 is 15.4 Å². The minimum absolute atomic E-state index is 0. The molecule has 2 aromatic rings. The summed E-state index contributed by atoms with van der Waals surface area (Å²) in [6, 6.07) is 14.6. The molecular weight excluding hydrogens is 470 g/mol. The van der Waals surface area contributed by atoms with Crippen molar-refractivity contribution >= 4 is 35.6 Å². The Kier molecular flexibility index (Phi) is 8.35. The van der Waals surface area contributed by atoms with Gasteiger partial charge in [0.2, 0.25) is 0 Å². The third kappa shape index (κ3) is 5.50. The van der Waals surface area contributed by atoms with E-state index < -0.39 is 0 Å². The highest BCUT2D eigenvalue weighted by atomic mass is 127. The van der Waals surface area contributed by atoms with Crippen LogP contribution >= 0.6 is 24.0 Å². The van der Waals surface area contributed by atoms with Crippen molar-refractivity contribution in [1.82, 2.24) is 4.90 Å². The van der Waals surface area contributed by atoms with Gasteiger partial charge in [0.15, 0.2) is 5.96 Å². The molecule has 28 heavy (non-hydrogen) atoms. The van der Waals surface area contributed by atoms with E-state index in [1.165, 1.54) is 12.1 Å². The number of ether oxygens (including phenoxy) is 1. The van der Waals surface area contributed by atoms with Gasteiger partial charge in [-0.05, 0) is 35.9 Å². The number of guanidine groups is 1. The number of anilines is 1. The van der Waals surface area contributed by atoms with Crippen molar-refractivity contribution in [2.24, 2.45) is 10.7 Å². The molecule has 0 spiro atoms. The van der Waals surface area contributed by atoms with Gasteiger partial charge < -0.3 is 20.3 Å². The number of hydrogen-bond acceptors (Lipinski definition) is 3. The maximum atomic E-state index is 13.1. The van der Waals surface area contributed by atoms with Crippen molar-refractivity contribution in [3.63, 3.8) is 0 Å². The summed E-state index contributed by atoms with van der Waals surface area (Å²) in [5, 5.41) is 0. The third-order valence-electron chi connectivity index (χ3n) is 4.99. The van der Waals surface area contributed by atoms with Crippen LogP contribution in [0.4, 0.5) is 10.1 Å². The van der Waals surface area contributed by atoms with Gasteiger partial charge in [0.25, 0.3) is 0 Å². The summed E-state index contributed by atoms with van der Waals surface area (Å²) in [5.74, 6) is 1.47. The number of halogens is 2. The monoisotopic (exact) mass is 498 g/mol. The summed E-state index contributed by atoms with van der Waals surface area (Å²) < 4.78 is 18.5. The largest absolute Gasteiger partial charge is 0.496 e. The van der Waals surface area contributed by atoms with Crippen molar-refractivity contribution in [2.75, 3.05) is 44.7 Å². The Hall–Kier alpha value is -2.03. The number of piperazine rings is 1. The molecule has 0 aromatic heterocycles. The lowest BCUT2D eigenvalue weighted by molar-refractivity contribution is 0.380. The molecule has 7 heteroatoms. The van der Waals surface area contributed by atoms with Gasteiger partial charge in [-0.1, -0.05) is 25.1 Å². The molecular formula is C21H28FIN4O. The van der Waals surface area contributed by atoms with Gasteiger partial charge in [-0.15, -0.1) is 24.0 Å². The van der Waals surface area contributed by atoms with Crippen molar-refractivity contribution in [2.45, 2.75) is 12.8 Å². The molecule has 1 fully saturated rings. The van der Waals surface area contributed by atoms with E-state index in [-0.39, 0.29) is 35.7 Å². The smallest absolute Gasteiger partial charge is 0.191 e. The number of methoxy groups -OCH3 is 1. The molecule has 1 unspecified atom stereocenters. The van der Waals surface area contributed by atoms with Gasteiger partial charge in [0.1, 0.15) is 11.6 Å². The number of hydrogen-bond donors (Lipinski definition) is 1. The first-order valence-corrected chi connectivity index (χ1v) is 9.26. The molecule has 0 amide bonds. The van der Waals surface area contributed by atoms with E-state index in [9.17, 15) is 4.39 Å². The molecule has 5 nitrogen and oxygen atoms in total. The minimum atomic E-state index is -0.210. The molecule has 0 bridgehead atoms. The molecule has 1 atom stereocenters. The molecule has 1 aliphatic rings. The second kappa shape index (κ2) is 10.5. The number of rotatable bonds is 5. The fourth-order valence-electron chi connectivity index (χ4n) is 3.35. The average molecular weight is 498 g/mol. The third-order valence-corrected chi connectivity index (χ3v) is 4.99. The Labute approximate surface area is 183 Å². The van der Waals surface area contributed by atoms with Gasteiger partial charge in [0, 0.05) is 44.3 Å². The Balaban J connectivity index is 0.00000280. The lowest BCUT2D eigenvalue weighted by Gasteiger charge is -2.36. The van der Waals surface area contributed by atoms with Crippen LogP contribution in [0.2, 0.25) is 0 Å². The first-order valence-electron chi connectivity index (χ1n) is 9.26. The molecule has 152 valence electrons. The maximum Gasteiger partial charge on any atom is 0.191 e. The van der Waals surface area contributed by atoms with Gasteiger partial charge in [-0.2, -0.15) is 0 Å². The Morgan fingerprint density at radius 1 is 1.11 bits per heavy atom. The van der Waals surface area contributed by atoms with E-state index >= 15 is 0 Å². The molecule has 0 saturated carbocycles. The van der Waals surface area contributed by atoms with Crippen LogP contribution in [0.3, 0.4) is 0 Å². The first kappa shape index (κ1) is 22.3. The Bertz CT molecular complexity index is 776. The molecule has 0 aliphatic carbocycles. The van der Waals surface area contributed by atoms with E-state index in [1.807, 2.05) is 30.3 Å². The highest BCUT2D eigenvalue weighted by Crippen LogP contribution is 2.26. The van der Waals surface area contributed by atoms with Crippen molar-refractivity contribution in [1.29, 1.82) is 0 Å². The van der Waals surface area contributed by atoms with Crippen molar-refractivity contribution < 1.29 is 9.13 Å². The predicted molar refractivity (Wildman–Crippen MR) is 123 cm³/mol. The van der Waals surface area contributed by atoms with Gasteiger partial charge >= 0.3 is 0 Å². The van der Waals surface area contributed by atoms with E-state index in [1.54, 1.807) is 7.11 Å². The Morgan fingerprint density at radius 2 is 1.75 bits per heavy atom. The molecule has 0 radical (unpaired) electrons. The Morgan fingerprint density at radius 3 is 2.39 bits per heavy atom. The number of benzene rings is 2. The number of aliphatic imine (C=N–C) groups is 1. The molecule has 2 N–H and O–H groups in total. The molecule has 3 rings (SSSR count). The summed E-state index contributed by atoms with van der Waals surface area (Å²) in [6.45, 7) is 6.02. The zero-order valence-electron chi connectivity index (χ0n) is 16.3. The summed E-state index contributed by atoms with van der Waals surface area (Å²) >= 11 is 0. The van der Waals surface area contributed by atoms with Crippen LogP contribution in [0.15, 0.2) is 53.5 Å². The predicted octanol–water partition coefficient (Wildman–Crippen LogP) is 3.69. The van der Waals surface area contributed by atoms with E-state index in [2.05, 4.69) is 27.8 Å². The quantitative estimate of drug-likeness (QED) is 0.388. The first-order chi connectivity index (χ1) is 13.1. The van der Waals surface area contributed by atoms with E-state index in [0.717, 1.165) is 43.2 Å². The fraction of sp³-hybridized carbons (Fsp3) is 0.381. The topological polar surface area (TPSA) is 54.1 Å². The minimum Gasteiger partial charge on any atom is -0.496 e. The average Bonchev–Trinajstić information content (AvgIpc) is 2.72. The highest BCUT2D eigenvalue weighted by molar-refractivity contribution is 14.0.